The van der Waals surface area contributed by atoms with E-state index in [0.29, 0.717) is 0 Å². The van der Waals surface area contributed by atoms with Crippen molar-refractivity contribution in [3.05, 3.63) is 28.3 Å². The minimum absolute atomic E-state index is 0. The number of piperazine rings is 1. The van der Waals surface area contributed by atoms with Gasteiger partial charge in [0.1, 0.15) is 0 Å². The van der Waals surface area contributed by atoms with Crippen LogP contribution in [0, 0.1) is 15.5 Å². The van der Waals surface area contributed by atoms with Gasteiger partial charge in [-0.05, 0) is 33.4 Å². The van der Waals surface area contributed by atoms with Gasteiger partial charge in [-0.15, -0.1) is 0 Å². The number of rotatable bonds is 4. The Hall–Kier alpha value is -2.19. The Bertz CT molecular complexity index is 620. The molecular weight excluding hydrogens is 324 g/mol. The summed E-state index contributed by atoms with van der Waals surface area (Å²) in [5.41, 5.74) is -0.0759. The molecule has 1 heterocycles. The van der Waals surface area contributed by atoms with Crippen molar-refractivity contribution in [2.24, 2.45) is 5.41 Å². The van der Waals surface area contributed by atoms with Crippen LogP contribution in [0.15, 0.2) is 18.2 Å². The van der Waals surface area contributed by atoms with Gasteiger partial charge in [0.2, 0.25) is 5.75 Å². The van der Waals surface area contributed by atoms with Crippen molar-refractivity contribution in [3.8, 4) is 5.75 Å². The molecular formula is C17H28N4O4. The number of benzene rings is 1. The highest BCUT2D eigenvalue weighted by Crippen LogP contribution is 2.33. The van der Waals surface area contributed by atoms with Crippen molar-refractivity contribution in [1.82, 2.24) is 11.1 Å². The quantitative estimate of drug-likeness (QED) is 0.384. The molecule has 8 heteroatoms. The smallest absolute Gasteiger partial charge is 0.316 e. The minimum atomic E-state index is -0.726. The lowest BCUT2D eigenvalue weighted by Gasteiger charge is -2.35. The molecule has 8 nitrogen and oxygen atoms in total. The molecule has 1 aromatic rings. The number of esters is 1. The SMILES string of the molecule is CCN1CCN(c2ccc([N+](=O)[O-])c(OC(=O)C(C)(C)C)c2)CC1.N. The van der Waals surface area contributed by atoms with E-state index in [-0.39, 0.29) is 17.6 Å². The Morgan fingerprint density at radius 1 is 1.24 bits per heavy atom. The standard InChI is InChI=1S/C17H25N3O4.H3N/c1-5-18-8-10-19(11-9-18)13-6-7-14(20(22)23)15(12-13)24-16(21)17(2,3)4;/h6-7,12H,5,8-11H2,1-4H3;1H3. The van der Waals surface area contributed by atoms with Gasteiger partial charge in [0.15, 0.2) is 0 Å². The van der Waals surface area contributed by atoms with Crippen molar-refractivity contribution in [2.45, 2.75) is 27.7 Å². The van der Waals surface area contributed by atoms with Crippen LogP contribution in [0.4, 0.5) is 11.4 Å². The van der Waals surface area contributed by atoms with Crippen molar-refractivity contribution >= 4 is 17.3 Å². The molecule has 1 aliphatic rings. The fourth-order valence-electron chi connectivity index (χ4n) is 2.51. The van der Waals surface area contributed by atoms with Gasteiger partial charge in [0.05, 0.1) is 10.3 Å². The van der Waals surface area contributed by atoms with E-state index in [9.17, 15) is 14.9 Å². The van der Waals surface area contributed by atoms with E-state index in [0.717, 1.165) is 38.4 Å². The van der Waals surface area contributed by atoms with E-state index in [1.807, 2.05) is 0 Å². The normalized spacial score (nSPS) is 15.4. The van der Waals surface area contributed by atoms with E-state index in [1.54, 1.807) is 32.9 Å². The zero-order chi connectivity index (χ0) is 17.9. The monoisotopic (exact) mass is 352 g/mol. The van der Waals surface area contributed by atoms with Crippen LogP contribution in [0.25, 0.3) is 0 Å². The lowest BCUT2D eigenvalue weighted by atomic mass is 9.97. The number of carbonyl (C=O) groups excluding carboxylic acids is 1. The van der Waals surface area contributed by atoms with E-state index in [1.165, 1.54) is 6.07 Å². The Kier molecular flexibility index (Phi) is 6.89. The number of carbonyl (C=O) groups is 1. The highest BCUT2D eigenvalue weighted by molar-refractivity contribution is 5.79. The van der Waals surface area contributed by atoms with E-state index >= 15 is 0 Å². The van der Waals surface area contributed by atoms with Crippen molar-refractivity contribution in [2.75, 3.05) is 37.6 Å². The Labute approximate surface area is 148 Å². The predicted molar refractivity (Wildman–Crippen MR) is 97.5 cm³/mol. The Morgan fingerprint density at radius 3 is 2.32 bits per heavy atom. The van der Waals surface area contributed by atoms with Gasteiger partial charge in [0, 0.05) is 44.0 Å². The molecule has 0 saturated carbocycles. The number of ether oxygens (including phenoxy) is 1. The van der Waals surface area contributed by atoms with E-state index in [4.69, 9.17) is 4.74 Å². The summed E-state index contributed by atoms with van der Waals surface area (Å²) in [6, 6.07) is 4.73. The maximum Gasteiger partial charge on any atom is 0.316 e. The molecule has 1 fully saturated rings. The molecule has 1 aromatic carbocycles. The second-order valence-electron chi connectivity index (χ2n) is 6.97. The Morgan fingerprint density at radius 2 is 1.84 bits per heavy atom. The third-order valence-corrected chi connectivity index (χ3v) is 4.14. The molecule has 0 bridgehead atoms. The number of nitrogens with zero attached hydrogens (tertiary/aromatic N) is 3. The van der Waals surface area contributed by atoms with Crippen LogP contribution in [0.2, 0.25) is 0 Å². The number of hydrogen-bond acceptors (Lipinski definition) is 7. The molecule has 0 amide bonds. The first-order valence-corrected chi connectivity index (χ1v) is 8.20. The summed E-state index contributed by atoms with van der Waals surface area (Å²) in [5.74, 6) is -0.478. The van der Waals surface area contributed by atoms with Crippen LogP contribution < -0.4 is 15.8 Å². The average Bonchev–Trinajstić information content (AvgIpc) is 2.53. The van der Waals surface area contributed by atoms with Crippen molar-refractivity contribution in [1.29, 1.82) is 0 Å². The Balaban J connectivity index is 0.00000312. The molecule has 140 valence electrons. The van der Waals surface area contributed by atoms with Crippen molar-refractivity contribution in [3.63, 3.8) is 0 Å². The van der Waals surface area contributed by atoms with Crippen LogP contribution in [0.1, 0.15) is 27.7 Å². The summed E-state index contributed by atoms with van der Waals surface area (Å²) >= 11 is 0. The van der Waals surface area contributed by atoms with E-state index in [2.05, 4.69) is 16.7 Å². The average molecular weight is 352 g/mol. The van der Waals surface area contributed by atoms with Gasteiger partial charge in [-0.25, -0.2) is 0 Å². The van der Waals surface area contributed by atoms with Crippen LogP contribution >= 0.6 is 0 Å². The first-order valence-electron chi connectivity index (χ1n) is 8.20. The summed E-state index contributed by atoms with van der Waals surface area (Å²) in [6.07, 6.45) is 0. The summed E-state index contributed by atoms with van der Waals surface area (Å²) in [5, 5.41) is 11.2. The molecule has 0 radical (unpaired) electrons. The lowest BCUT2D eigenvalue weighted by Crippen LogP contribution is -2.46. The number of likely N-dealkylation sites (N-methyl/N-ethyl adjacent to an activating group) is 1. The number of anilines is 1. The number of nitro benzene ring substituents is 1. The molecule has 25 heavy (non-hydrogen) atoms. The first-order chi connectivity index (χ1) is 11.2. The largest absolute Gasteiger partial charge is 0.419 e. The maximum absolute atomic E-state index is 12.1. The van der Waals surface area contributed by atoms with Crippen LogP contribution in [-0.4, -0.2) is 48.5 Å². The van der Waals surface area contributed by atoms with Crippen LogP contribution in [0.5, 0.6) is 5.75 Å². The molecule has 2 rings (SSSR count). The third-order valence-electron chi connectivity index (χ3n) is 4.14. The van der Waals surface area contributed by atoms with Crippen molar-refractivity contribution < 1.29 is 14.5 Å². The minimum Gasteiger partial charge on any atom is -0.419 e. The van der Waals surface area contributed by atoms with E-state index < -0.39 is 16.3 Å². The molecule has 0 aliphatic carbocycles. The van der Waals surface area contributed by atoms with Gasteiger partial charge >= 0.3 is 11.7 Å². The fraction of sp³-hybridized carbons (Fsp3) is 0.588. The fourth-order valence-corrected chi connectivity index (χ4v) is 2.51. The third kappa shape index (κ3) is 5.14. The summed E-state index contributed by atoms with van der Waals surface area (Å²) in [4.78, 5) is 27.3. The second kappa shape index (κ2) is 8.26. The molecule has 0 unspecified atom stereocenters. The summed E-state index contributed by atoms with van der Waals surface area (Å²) in [6.45, 7) is 11.9. The molecule has 0 aromatic heterocycles. The second-order valence-corrected chi connectivity index (χ2v) is 6.97. The van der Waals surface area contributed by atoms with Gasteiger partial charge in [-0.3, -0.25) is 14.9 Å². The van der Waals surface area contributed by atoms with Gasteiger partial charge in [0.25, 0.3) is 0 Å². The topological polar surface area (TPSA) is 111 Å². The van der Waals surface area contributed by atoms with Gasteiger partial charge in [-0.1, -0.05) is 6.92 Å². The highest BCUT2D eigenvalue weighted by atomic mass is 16.6. The molecule has 0 spiro atoms. The van der Waals surface area contributed by atoms with Gasteiger partial charge < -0.3 is 20.7 Å². The molecule has 0 atom stereocenters. The first kappa shape index (κ1) is 20.9. The number of hydrogen-bond donors (Lipinski definition) is 1. The lowest BCUT2D eigenvalue weighted by molar-refractivity contribution is -0.385. The number of nitro groups is 1. The van der Waals surface area contributed by atoms with Crippen LogP contribution in [-0.2, 0) is 4.79 Å². The van der Waals surface area contributed by atoms with Gasteiger partial charge in [-0.2, -0.15) is 0 Å². The maximum atomic E-state index is 12.1. The predicted octanol–water partition coefficient (Wildman–Crippen LogP) is 2.85. The summed E-state index contributed by atoms with van der Waals surface area (Å²) < 4.78 is 5.33. The zero-order valence-corrected chi connectivity index (χ0v) is 15.4. The molecule has 1 aliphatic heterocycles. The highest BCUT2D eigenvalue weighted by Gasteiger charge is 2.28. The molecule has 3 N–H and O–H groups in total. The van der Waals surface area contributed by atoms with Crippen LogP contribution in [0.3, 0.4) is 0 Å². The zero-order valence-electron chi connectivity index (χ0n) is 15.4. The molecule has 1 saturated heterocycles. The summed E-state index contributed by atoms with van der Waals surface area (Å²) in [7, 11) is 0.